The minimum Gasteiger partial charge on any atom is -0.359 e. The Kier molecular flexibility index (Phi) is 8.53. The van der Waals surface area contributed by atoms with E-state index in [9.17, 15) is 26.4 Å². The van der Waals surface area contributed by atoms with Crippen molar-refractivity contribution in [2.24, 2.45) is 0 Å². The summed E-state index contributed by atoms with van der Waals surface area (Å²) in [6, 6.07) is 19.3. The van der Waals surface area contributed by atoms with Crippen molar-refractivity contribution in [3.05, 3.63) is 119 Å². The molecule has 1 aliphatic rings. The first kappa shape index (κ1) is 30.8. The fourth-order valence-electron chi connectivity index (χ4n) is 5.54. The van der Waals surface area contributed by atoms with Crippen molar-refractivity contribution < 1.29 is 31.1 Å². The number of anilines is 2. The zero-order chi connectivity index (χ0) is 31.6. The molecular weight excluding hydrogens is 595 g/mol. The van der Waals surface area contributed by atoms with Gasteiger partial charge in [0.2, 0.25) is 0 Å². The van der Waals surface area contributed by atoms with Gasteiger partial charge in [-0.15, -0.1) is 0 Å². The Balaban J connectivity index is 1.70. The predicted molar refractivity (Wildman–Crippen MR) is 161 cm³/mol. The maximum absolute atomic E-state index is 13.6. The van der Waals surface area contributed by atoms with Crippen LogP contribution in [0, 0.1) is 0 Å². The van der Waals surface area contributed by atoms with Gasteiger partial charge in [-0.25, -0.2) is 13.1 Å². The summed E-state index contributed by atoms with van der Waals surface area (Å²) >= 11 is 0. The first-order chi connectivity index (χ1) is 21.0. The molecule has 0 saturated heterocycles. The predicted octanol–water partition coefficient (Wildman–Crippen LogP) is 5.52. The van der Waals surface area contributed by atoms with Crippen molar-refractivity contribution >= 4 is 27.4 Å². The number of sulfonamides is 1. The van der Waals surface area contributed by atoms with Crippen LogP contribution < -0.4 is 14.9 Å². The lowest BCUT2D eigenvalue weighted by atomic mass is 9.81. The second-order valence-corrected chi connectivity index (χ2v) is 11.7. The van der Waals surface area contributed by atoms with Crippen LogP contribution in [0.5, 0.6) is 0 Å². The molecule has 2 N–H and O–H groups in total. The van der Waals surface area contributed by atoms with E-state index in [1.807, 2.05) is 42.2 Å². The van der Waals surface area contributed by atoms with Crippen LogP contribution in [0.25, 0.3) is 5.69 Å². The van der Waals surface area contributed by atoms with Crippen LogP contribution >= 0.6 is 0 Å². The fraction of sp³-hybridized carbons (Fsp3) is 0.226. The third kappa shape index (κ3) is 5.92. The van der Waals surface area contributed by atoms with Crippen LogP contribution in [-0.2, 0) is 20.9 Å². The minimum absolute atomic E-state index is 0.192. The van der Waals surface area contributed by atoms with Crippen molar-refractivity contribution in [2.75, 3.05) is 23.3 Å². The molecule has 13 heteroatoms. The third-order valence-corrected chi connectivity index (χ3v) is 8.40. The number of carbonyl (C=O) groups excluding carboxylic acids is 1. The Labute approximate surface area is 253 Å². The molecule has 0 aliphatic carbocycles. The average Bonchev–Trinajstić information content (AvgIpc) is 3.45. The highest BCUT2D eigenvalue weighted by Crippen LogP contribution is 2.45. The van der Waals surface area contributed by atoms with Crippen LogP contribution in [0.4, 0.5) is 24.7 Å². The van der Waals surface area contributed by atoms with Gasteiger partial charge in [-0.3, -0.25) is 9.52 Å². The van der Waals surface area contributed by atoms with Crippen molar-refractivity contribution in [3.63, 3.8) is 0 Å². The Bertz CT molecular complexity index is 1780. The number of rotatable bonds is 9. The van der Waals surface area contributed by atoms with E-state index < -0.39 is 45.9 Å². The molecule has 1 unspecified atom stereocenters. The summed E-state index contributed by atoms with van der Waals surface area (Å²) in [5.74, 6) is -0.859. The molecule has 9 nitrogen and oxygen atoms in total. The lowest BCUT2D eigenvalue weighted by molar-refractivity contribution is -0.137. The topological polar surface area (TPSA) is 106 Å². The number of amides is 1. The van der Waals surface area contributed by atoms with Gasteiger partial charge in [0.05, 0.1) is 29.2 Å². The van der Waals surface area contributed by atoms with Gasteiger partial charge in [-0.05, 0) is 48.9 Å². The van der Waals surface area contributed by atoms with Gasteiger partial charge >= 0.3 is 6.18 Å². The van der Waals surface area contributed by atoms with Gasteiger partial charge in [0.15, 0.2) is 6.23 Å². The number of hydrogen-bond acceptors (Lipinski definition) is 6. The van der Waals surface area contributed by atoms with Crippen LogP contribution in [0.3, 0.4) is 0 Å². The number of methoxy groups -OCH3 is 1. The Hall–Kier alpha value is -4.62. The Morgan fingerprint density at radius 3 is 2.41 bits per heavy atom. The zero-order valence-electron chi connectivity index (χ0n) is 23.8. The van der Waals surface area contributed by atoms with E-state index in [1.54, 1.807) is 35.1 Å². The van der Waals surface area contributed by atoms with Gasteiger partial charge in [0.1, 0.15) is 5.82 Å². The van der Waals surface area contributed by atoms with Crippen LogP contribution in [-0.4, -0.2) is 50.0 Å². The maximum atomic E-state index is 13.6. The number of nitrogens with one attached hydrogen (secondary N) is 2. The highest BCUT2D eigenvalue weighted by Gasteiger charge is 2.46. The fourth-order valence-corrected chi connectivity index (χ4v) is 6.11. The second-order valence-electron chi connectivity index (χ2n) is 10.0. The first-order valence-electron chi connectivity index (χ1n) is 13.6. The number of likely N-dealkylation sites (N-methyl/N-ethyl adjacent to an activating group) is 1. The van der Waals surface area contributed by atoms with E-state index in [4.69, 9.17) is 4.74 Å². The van der Waals surface area contributed by atoms with Gasteiger partial charge in [0.25, 0.3) is 15.9 Å². The molecule has 0 spiro atoms. The number of alkyl halides is 3. The van der Waals surface area contributed by atoms with Crippen molar-refractivity contribution in [2.45, 2.75) is 31.3 Å². The number of halogens is 3. The number of benzene rings is 3. The average molecular weight is 626 g/mol. The highest BCUT2D eigenvalue weighted by molar-refractivity contribution is 7.95. The van der Waals surface area contributed by atoms with Crippen LogP contribution in [0.2, 0.25) is 0 Å². The summed E-state index contributed by atoms with van der Waals surface area (Å²) in [4.78, 5) is 15.5. The van der Waals surface area contributed by atoms with E-state index in [0.717, 1.165) is 23.2 Å². The normalized spacial score (nSPS) is 18.4. The zero-order valence-corrected chi connectivity index (χ0v) is 24.6. The molecule has 1 amide bonds. The minimum atomic E-state index is -4.64. The number of para-hydroxylation sites is 2. The standard InChI is InChI=1S/C31H30F3N5O4S/c1-4-38-29-24(19-35-39(29)22-14-7-6-8-15-22)26(23-16-9-10-17-25(23)37-44(41,42)5-2)27(30(38)43-3)36-28(40)20-12-11-13-21(18-20)31(32,33)34/h5-19,26-27,30,37H,2,4H2,1,3H3,(H,36,40)/t26-,27+,30?/m0/s1. The van der Waals surface area contributed by atoms with E-state index in [2.05, 4.69) is 21.7 Å². The molecule has 5 rings (SSSR count). The van der Waals surface area contributed by atoms with Crippen molar-refractivity contribution in [1.82, 2.24) is 15.1 Å². The smallest absolute Gasteiger partial charge is 0.359 e. The number of ether oxygens (including phenoxy) is 1. The molecule has 0 radical (unpaired) electrons. The van der Waals surface area contributed by atoms with Crippen LogP contribution in [0.1, 0.15) is 39.9 Å². The molecule has 3 aromatic carbocycles. The van der Waals surface area contributed by atoms with Gasteiger partial charge in [-0.2, -0.15) is 18.3 Å². The summed E-state index contributed by atoms with van der Waals surface area (Å²) in [5, 5.41) is 8.37. The Morgan fingerprint density at radius 2 is 1.75 bits per heavy atom. The lowest BCUT2D eigenvalue weighted by Gasteiger charge is -2.45. The molecule has 2 heterocycles. The third-order valence-electron chi connectivity index (χ3n) is 7.45. The highest BCUT2D eigenvalue weighted by atomic mass is 32.2. The van der Waals surface area contributed by atoms with Gasteiger partial charge < -0.3 is 15.0 Å². The number of carbonyl (C=O) groups is 1. The number of hydrogen-bond donors (Lipinski definition) is 2. The molecule has 4 aromatic rings. The van der Waals surface area contributed by atoms with E-state index in [-0.39, 0.29) is 11.3 Å². The molecule has 0 bridgehead atoms. The SMILES string of the molecule is C=CS(=O)(=O)Nc1ccccc1[C@H]1c2cnn(-c3ccccc3)c2N(CC)C(OC)[C@@H]1NC(=O)c1cccc(C(F)(F)F)c1. The summed E-state index contributed by atoms with van der Waals surface area (Å²) in [5.41, 5.74) is 0.965. The number of fused-ring (bicyclic) bond motifs is 1. The van der Waals surface area contributed by atoms with E-state index in [1.165, 1.54) is 19.2 Å². The summed E-state index contributed by atoms with van der Waals surface area (Å²) < 4.78 is 75.8. The molecule has 3 atom stereocenters. The summed E-state index contributed by atoms with van der Waals surface area (Å²) in [7, 11) is -2.46. The maximum Gasteiger partial charge on any atom is 0.416 e. The van der Waals surface area contributed by atoms with Crippen molar-refractivity contribution in [1.29, 1.82) is 0 Å². The van der Waals surface area contributed by atoms with E-state index >= 15 is 0 Å². The molecule has 1 aliphatic heterocycles. The summed E-state index contributed by atoms with van der Waals surface area (Å²) in [6.07, 6.45) is -3.83. The van der Waals surface area contributed by atoms with Crippen LogP contribution in [0.15, 0.2) is 97.0 Å². The largest absolute Gasteiger partial charge is 0.416 e. The first-order valence-corrected chi connectivity index (χ1v) is 15.2. The number of aromatic nitrogens is 2. The van der Waals surface area contributed by atoms with Crippen molar-refractivity contribution in [3.8, 4) is 5.69 Å². The molecule has 0 fully saturated rings. The second kappa shape index (κ2) is 12.2. The quantitative estimate of drug-likeness (QED) is 0.254. The monoisotopic (exact) mass is 625 g/mol. The molecule has 0 saturated carbocycles. The lowest BCUT2D eigenvalue weighted by Crippen LogP contribution is -2.59. The van der Waals surface area contributed by atoms with E-state index in [0.29, 0.717) is 23.5 Å². The van der Waals surface area contributed by atoms with Gasteiger partial charge in [-0.1, -0.05) is 49.0 Å². The molecule has 44 heavy (non-hydrogen) atoms. The molecular formula is C31H30F3N5O4S. The molecule has 230 valence electrons. The molecule has 1 aromatic heterocycles. The number of nitrogens with zero attached hydrogens (tertiary/aromatic N) is 3. The van der Waals surface area contributed by atoms with Gasteiger partial charge in [0, 0.05) is 36.1 Å². The summed E-state index contributed by atoms with van der Waals surface area (Å²) in [6.45, 7) is 5.69. The Morgan fingerprint density at radius 1 is 1.05 bits per heavy atom.